The molecular formula is C23H28Cl2FNO2. The quantitative estimate of drug-likeness (QED) is 0.452. The van der Waals surface area contributed by atoms with Gasteiger partial charge in [0.05, 0.1) is 11.6 Å². The third-order valence-electron chi connectivity index (χ3n) is 5.28. The minimum absolute atomic E-state index is 0.00157. The number of rotatable bonds is 8. The minimum atomic E-state index is -0.397. The first-order valence-electron chi connectivity index (χ1n) is 10.3. The number of ether oxygens (including phenoxy) is 2. The molecular weight excluding hydrogens is 412 g/mol. The molecule has 0 atom stereocenters. The number of halogens is 3. The predicted octanol–water partition coefficient (Wildman–Crippen LogP) is 6.92. The van der Waals surface area contributed by atoms with Crippen LogP contribution in [0.3, 0.4) is 0 Å². The lowest BCUT2D eigenvalue weighted by atomic mass is 10.1. The maximum absolute atomic E-state index is 14.0. The molecule has 0 amide bonds. The molecule has 0 spiro atoms. The van der Waals surface area contributed by atoms with E-state index in [1.165, 1.54) is 44.6 Å². The van der Waals surface area contributed by atoms with Crippen LogP contribution < -0.4 is 14.8 Å². The van der Waals surface area contributed by atoms with Crippen molar-refractivity contribution in [1.29, 1.82) is 0 Å². The molecule has 0 unspecified atom stereocenters. The average molecular weight is 440 g/mol. The number of benzene rings is 2. The second kappa shape index (κ2) is 11.1. The lowest BCUT2D eigenvalue weighted by Gasteiger charge is -2.19. The van der Waals surface area contributed by atoms with Gasteiger partial charge < -0.3 is 14.8 Å². The van der Waals surface area contributed by atoms with Crippen LogP contribution in [0, 0.1) is 5.82 Å². The Labute approximate surface area is 182 Å². The van der Waals surface area contributed by atoms with E-state index in [1.54, 1.807) is 18.2 Å². The third kappa shape index (κ3) is 6.24. The molecule has 2 aromatic carbocycles. The van der Waals surface area contributed by atoms with Crippen LogP contribution in [0.15, 0.2) is 30.3 Å². The maximum Gasteiger partial charge on any atom is 0.163 e. The smallest absolute Gasteiger partial charge is 0.163 e. The summed E-state index contributed by atoms with van der Waals surface area (Å²) in [7, 11) is 0. The summed E-state index contributed by atoms with van der Waals surface area (Å²) in [6.45, 7) is 3.09. The molecule has 1 saturated carbocycles. The van der Waals surface area contributed by atoms with Gasteiger partial charge in [-0.3, -0.25) is 0 Å². The highest BCUT2D eigenvalue weighted by Crippen LogP contribution is 2.35. The standard InChI is InChI=1S/C23H28Cl2FNO2/c1-2-28-22-12-16(14-27-17-8-5-3-4-6-9-17)20(25)13-23(22)29-15-18-19(24)10-7-11-21(18)26/h7,10-13,17,27H,2-6,8-9,14-15H2,1H3. The van der Waals surface area contributed by atoms with Gasteiger partial charge in [-0.15, -0.1) is 0 Å². The lowest BCUT2D eigenvalue weighted by molar-refractivity contribution is 0.265. The molecule has 3 nitrogen and oxygen atoms in total. The van der Waals surface area contributed by atoms with E-state index in [0.29, 0.717) is 46.3 Å². The van der Waals surface area contributed by atoms with Crippen LogP contribution in [-0.2, 0) is 13.2 Å². The zero-order chi connectivity index (χ0) is 20.6. The Morgan fingerprint density at radius 1 is 1.00 bits per heavy atom. The molecule has 0 aliphatic heterocycles. The summed E-state index contributed by atoms with van der Waals surface area (Å²) < 4.78 is 25.6. The topological polar surface area (TPSA) is 30.5 Å². The Kier molecular flexibility index (Phi) is 8.46. The molecule has 0 radical (unpaired) electrons. The Morgan fingerprint density at radius 2 is 1.72 bits per heavy atom. The first-order chi connectivity index (χ1) is 14.1. The van der Waals surface area contributed by atoms with Gasteiger partial charge in [0.15, 0.2) is 11.5 Å². The van der Waals surface area contributed by atoms with Crippen LogP contribution in [-0.4, -0.2) is 12.6 Å². The van der Waals surface area contributed by atoms with E-state index in [0.717, 1.165) is 5.56 Å². The number of hydrogen-bond donors (Lipinski definition) is 1. The van der Waals surface area contributed by atoms with Gasteiger partial charge >= 0.3 is 0 Å². The van der Waals surface area contributed by atoms with E-state index in [2.05, 4.69) is 5.32 Å². The fourth-order valence-corrected chi connectivity index (χ4v) is 4.09. The fourth-order valence-electron chi connectivity index (χ4n) is 3.65. The van der Waals surface area contributed by atoms with Crippen molar-refractivity contribution in [2.24, 2.45) is 0 Å². The molecule has 1 N–H and O–H groups in total. The molecule has 29 heavy (non-hydrogen) atoms. The van der Waals surface area contributed by atoms with Crippen molar-refractivity contribution >= 4 is 23.2 Å². The van der Waals surface area contributed by atoms with Crippen LogP contribution in [0.5, 0.6) is 11.5 Å². The molecule has 2 aromatic rings. The van der Waals surface area contributed by atoms with E-state index in [9.17, 15) is 4.39 Å². The van der Waals surface area contributed by atoms with E-state index in [1.807, 2.05) is 13.0 Å². The summed E-state index contributed by atoms with van der Waals surface area (Å²) in [5, 5.41) is 4.57. The molecule has 0 saturated heterocycles. The normalized spacial score (nSPS) is 15.2. The number of hydrogen-bond acceptors (Lipinski definition) is 3. The largest absolute Gasteiger partial charge is 0.490 e. The molecule has 1 fully saturated rings. The highest BCUT2D eigenvalue weighted by atomic mass is 35.5. The molecule has 6 heteroatoms. The zero-order valence-electron chi connectivity index (χ0n) is 16.8. The highest BCUT2D eigenvalue weighted by molar-refractivity contribution is 6.31. The predicted molar refractivity (Wildman–Crippen MR) is 117 cm³/mol. The Morgan fingerprint density at radius 3 is 2.41 bits per heavy atom. The monoisotopic (exact) mass is 439 g/mol. The molecule has 0 bridgehead atoms. The van der Waals surface area contributed by atoms with Crippen molar-refractivity contribution < 1.29 is 13.9 Å². The Bertz CT molecular complexity index is 787. The fraction of sp³-hybridized carbons (Fsp3) is 0.478. The maximum atomic E-state index is 14.0. The van der Waals surface area contributed by atoms with E-state index in [4.69, 9.17) is 32.7 Å². The Balaban J connectivity index is 1.71. The van der Waals surface area contributed by atoms with Crippen molar-refractivity contribution in [3.8, 4) is 11.5 Å². The van der Waals surface area contributed by atoms with Gasteiger partial charge in [0, 0.05) is 29.2 Å². The lowest BCUT2D eigenvalue weighted by Crippen LogP contribution is -2.28. The van der Waals surface area contributed by atoms with Gasteiger partial charge in [0.25, 0.3) is 0 Å². The summed E-state index contributed by atoms with van der Waals surface area (Å²) in [5.41, 5.74) is 1.28. The highest BCUT2D eigenvalue weighted by Gasteiger charge is 2.16. The van der Waals surface area contributed by atoms with Gasteiger partial charge in [-0.1, -0.05) is 55.0 Å². The molecule has 1 aliphatic carbocycles. The summed E-state index contributed by atoms with van der Waals surface area (Å²) in [6, 6.07) is 8.76. The summed E-state index contributed by atoms with van der Waals surface area (Å²) >= 11 is 12.6. The second-order valence-corrected chi connectivity index (χ2v) is 8.20. The van der Waals surface area contributed by atoms with Crippen molar-refractivity contribution in [2.45, 2.75) is 64.6 Å². The van der Waals surface area contributed by atoms with Crippen LogP contribution in [0.2, 0.25) is 10.0 Å². The SMILES string of the molecule is CCOc1cc(CNC2CCCCCC2)c(Cl)cc1OCc1c(F)cccc1Cl. The van der Waals surface area contributed by atoms with Crippen molar-refractivity contribution in [1.82, 2.24) is 5.32 Å². The van der Waals surface area contributed by atoms with Crippen LogP contribution in [0.1, 0.15) is 56.6 Å². The van der Waals surface area contributed by atoms with Gasteiger partial charge in [0.1, 0.15) is 12.4 Å². The second-order valence-electron chi connectivity index (χ2n) is 7.38. The van der Waals surface area contributed by atoms with E-state index in [-0.39, 0.29) is 6.61 Å². The molecule has 1 aliphatic rings. The first-order valence-corrected chi connectivity index (χ1v) is 11.1. The summed E-state index contributed by atoms with van der Waals surface area (Å²) in [6.07, 6.45) is 7.62. The van der Waals surface area contributed by atoms with Crippen LogP contribution in [0.25, 0.3) is 0 Å². The van der Waals surface area contributed by atoms with Gasteiger partial charge in [0.2, 0.25) is 0 Å². The molecule has 3 rings (SSSR count). The first kappa shape index (κ1) is 22.2. The van der Waals surface area contributed by atoms with Gasteiger partial charge in [-0.05, 0) is 43.5 Å². The minimum Gasteiger partial charge on any atom is -0.490 e. The molecule has 0 heterocycles. The third-order valence-corrected chi connectivity index (χ3v) is 5.99. The van der Waals surface area contributed by atoms with Crippen molar-refractivity contribution in [2.75, 3.05) is 6.61 Å². The van der Waals surface area contributed by atoms with Gasteiger partial charge in [-0.2, -0.15) is 0 Å². The summed E-state index contributed by atoms with van der Waals surface area (Å²) in [5.74, 6) is 0.683. The van der Waals surface area contributed by atoms with Crippen LogP contribution in [0.4, 0.5) is 4.39 Å². The van der Waals surface area contributed by atoms with Gasteiger partial charge in [-0.25, -0.2) is 4.39 Å². The van der Waals surface area contributed by atoms with Crippen molar-refractivity contribution in [3.63, 3.8) is 0 Å². The van der Waals surface area contributed by atoms with E-state index < -0.39 is 5.82 Å². The average Bonchev–Trinajstić information content (AvgIpc) is 2.97. The summed E-state index contributed by atoms with van der Waals surface area (Å²) in [4.78, 5) is 0. The van der Waals surface area contributed by atoms with E-state index >= 15 is 0 Å². The van der Waals surface area contributed by atoms with Crippen LogP contribution >= 0.6 is 23.2 Å². The zero-order valence-corrected chi connectivity index (χ0v) is 18.3. The molecule has 158 valence electrons. The Hall–Kier alpha value is -1.49. The number of nitrogens with one attached hydrogen (secondary N) is 1. The van der Waals surface area contributed by atoms with Crippen molar-refractivity contribution in [3.05, 3.63) is 57.3 Å². The molecule has 0 aromatic heterocycles.